The van der Waals surface area contributed by atoms with Crippen molar-refractivity contribution in [2.45, 2.75) is 109 Å². The molecule has 85 heavy (non-hydrogen) atoms. The first-order valence-electron chi connectivity index (χ1n) is 27.2. The fraction of sp³-hybridized carbons (Fsp3) is 0.518. The molecule has 1 saturated heterocycles. The fourth-order valence-electron chi connectivity index (χ4n) is 8.69. The number of nitrogens with one attached hydrogen (secondary N) is 4. The quantitative estimate of drug-likeness (QED) is 0.0292. The lowest BCUT2D eigenvalue weighted by Gasteiger charge is -2.41. The van der Waals surface area contributed by atoms with Gasteiger partial charge in [-0.3, -0.25) is 43.2 Å². The van der Waals surface area contributed by atoms with E-state index in [1.165, 1.54) is 4.90 Å². The van der Waals surface area contributed by atoms with E-state index in [1.54, 1.807) is 55.8 Å². The Morgan fingerprint density at radius 3 is 1.87 bits per heavy atom. The van der Waals surface area contributed by atoms with Gasteiger partial charge in [0.15, 0.2) is 0 Å². The van der Waals surface area contributed by atoms with Gasteiger partial charge in [-0.05, 0) is 48.1 Å². The number of aliphatic hydroxyl groups is 1. The van der Waals surface area contributed by atoms with Crippen molar-refractivity contribution in [3.63, 3.8) is 0 Å². The third-order valence-corrected chi connectivity index (χ3v) is 12.8. The van der Waals surface area contributed by atoms with Gasteiger partial charge in [-0.15, -0.1) is 5.06 Å². The van der Waals surface area contributed by atoms with Crippen molar-refractivity contribution >= 4 is 65.2 Å². The number of nitrogens with zero attached hydrogens (tertiary/aromatic N) is 3. The highest BCUT2D eigenvalue weighted by atomic mass is 19.1. The van der Waals surface area contributed by atoms with E-state index >= 15 is 4.39 Å². The Kier molecular flexibility index (Phi) is 28.6. The van der Waals surface area contributed by atoms with Crippen molar-refractivity contribution in [3.05, 3.63) is 83.7 Å². The van der Waals surface area contributed by atoms with E-state index in [1.807, 2.05) is 12.1 Å². The summed E-state index contributed by atoms with van der Waals surface area (Å²) in [7, 11) is 0. The van der Waals surface area contributed by atoms with Crippen molar-refractivity contribution < 1.29 is 101 Å². The van der Waals surface area contributed by atoms with Gasteiger partial charge >= 0.3 is 17.9 Å². The summed E-state index contributed by atoms with van der Waals surface area (Å²) in [5, 5.41) is 39.0. The molecule has 1 aliphatic rings. The molecule has 9 N–H and O–H groups in total. The molecule has 0 bridgehead atoms. The Morgan fingerprint density at radius 2 is 1.29 bits per heavy atom. The van der Waals surface area contributed by atoms with Crippen LogP contribution in [-0.2, 0) is 83.1 Å². The summed E-state index contributed by atoms with van der Waals surface area (Å²) >= 11 is 0. The van der Waals surface area contributed by atoms with Crippen LogP contribution in [-0.4, -0.2) is 186 Å². The average molecular weight is 1200 g/mol. The number of carbonyl (C=O) groups excluding carboxylic acids is 9. The minimum Gasteiger partial charge on any atom is -0.481 e. The van der Waals surface area contributed by atoms with E-state index in [-0.39, 0.29) is 96.2 Å². The van der Waals surface area contributed by atoms with E-state index in [9.17, 15) is 67.3 Å². The van der Waals surface area contributed by atoms with Gasteiger partial charge in [-0.2, -0.15) is 0 Å². The van der Waals surface area contributed by atoms with Gasteiger partial charge < -0.3 is 75.6 Å². The van der Waals surface area contributed by atoms with Crippen LogP contribution in [0.25, 0.3) is 11.1 Å². The number of benzene rings is 2. The second-order valence-electron chi connectivity index (χ2n) is 20.5. The molecule has 3 aromatic rings. The number of hydrogen-bond acceptors (Lipinski definition) is 17. The van der Waals surface area contributed by atoms with Gasteiger partial charge in [-0.1, -0.05) is 51.1 Å². The van der Waals surface area contributed by atoms with Crippen molar-refractivity contribution in [1.82, 2.24) is 35.8 Å². The number of rotatable bonds is 39. The lowest BCUT2D eigenvalue weighted by Crippen LogP contribution is -2.56. The van der Waals surface area contributed by atoms with E-state index in [0.29, 0.717) is 10.8 Å². The molecule has 1 aliphatic heterocycles. The van der Waals surface area contributed by atoms with Gasteiger partial charge in [0, 0.05) is 74.8 Å². The minimum atomic E-state index is -1.67. The number of carbonyl (C=O) groups is 11. The highest BCUT2D eigenvalue weighted by Gasteiger charge is 2.39. The SMILES string of the molecule is CC(C)(C)[C@H](c1cc(-c2cc(F)ccc2F)cn1Cc1ccccc1)N(CC[C@H](NC(=O)[C@H](CC(N)=O)NC(=O)CCOCCOCCOCCOCCC(=O)ON1C(=O)CCC1=O)C(=O)NCCC(=O)N[C@H](CCC(=O)O)C(=O)O)C(=O)CO. The Hall–Kier alpha value is -8.25. The van der Waals surface area contributed by atoms with Gasteiger partial charge in [-0.25, -0.2) is 18.4 Å². The molecular weight excluding hydrogens is 1130 g/mol. The molecule has 27 nitrogen and oxygen atoms in total. The standard InChI is InChI=1S/C56H74F2N8O19/c1-56(2,3)52(43-29-36(38-30-37(57)9-10-39(38)58)33-64(43)32-35-7-5-4-6-8-35)65(49(73)34-67)20-16-40(53(77)60-19-15-45(69)61-41(55(79)80)11-14-50(74)75)63-54(78)42(31-44(59)68)62-46(70)17-21-81-23-25-83-27-28-84-26-24-82-22-18-51(76)85-66-47(71)12-13-48(66)72/h4-10,29-30,33,40-42,52,67H,11-28,31-32,34H2,1-3H3,(H2,59,68)(H,60,77)(H,61,69)(H,62,70)(H,63,78)(H,74,75)(H,79,80)/t40-,41+,42-,52-/m0/s1. The third kappa shape index (κ3) is 24.1. The minimum absolute atomic E-state index is 0.0206. The van der Waals surface area contributed by atoms with Crippen molar-refractivity contribution in [2.75, 3.05) is 72.6 Å². The van der Waals surface area contributed by atoms with Crippen molar-refractivity contribution in [2.24, 2.45) is 11.1 Å². The summed E-state index contributed by atoms with van der Waals surface area (Å²) in [6.45, 7) is 4.15. The van der Waals surface area contributed by atoms with Gasteiger partial charge in [0.25, 0.3) is 11.8 Å². The molecule has 2 aromatic carbocycles. The molecule has 0 aliphatic carbocycles. The molecule has 29 heteroatoms. The van der Waals surface area contributed by atoms with Gasteiger partial charge in [0.2, 0.25) is 35.4 Å². The molecule has 2 heterocycles. The number of nitrogens with two attached hydrogens (primary N) is 1. The van der Waals surface area contributed by atoms with E-state index in [4.69, 9.17) is 34.6 Å². The van der Waals surface area contributed by atoms with E-state index in [0.717, 1.165) is 23.8 Å². The molecule has 8 amide bonds. The zero-order valence-electron chi connectivity index (χ0n) is 47.5. The number of hydroxylamine groups is 2. The maximum atomic E-state index is 15.4. The normalized spacial score (nSPS) is 13.7. The maximum absolute atomic E-state index is 15.4. The molecule has 0 saturated carbocycles. The predicted molar refractivity (Wildman–Crippen MR) is 292 cm³/mol. The Morgan fingerprint density at radius 1 is 0.706 bits per heavy atom. The Bertz CT molecular complexity index is 2780. The number of amides is 8. The molecule has 0 unspecified atom stereocenters. The topological polar surface area (TPSA) is 380 Å². The van der Waals surface area contributed by atoms with Crippen LogP contribution in [0.5, 0.6) is 0 Å². The highest BCUT2D eigenvalue weighted by Crippen LogP contribution is 2.41. The number of primary amides is 1. The number of aromatic nitrogens is 1. The van der Waals surface area contributed by atoms with Crippen LogP contribution in [0.15, 0.2) is 60.8 Å². The van der Waals surface area contributed by atoms with E-state index in [2.05, 4.69) is 21.3 Å². The lowest BCUT2D eigenvalue weighted by molar-refractivity contribution is -0.198. The monoisotopic (exact) mass is 1200 g/mol. The first-order chi connectivity index (χ1) is 40.4. The van der Waals surface area contributed by atoms with E-state index < -0.39 is 158 Å². The first kappa shape index (κ1) is 69.2. The highest BCUT2D eigenvalue weighted by molar-refractivity contribution is 6.01. The van der Waals surface area contributed by atoms with Gasteiger partial charge in [0.1, 0.15) is 36.4 Å². The predicted octanol–water partition coefficient (Wildman–Crippen LogP) is 1.02. The molecule has 0 spiro atoms. The third-order valence-electron chi connectivity index (χ3n) is 12.8. The van der Waals surface area contributed by atoms with Crippen LogP contribution in [0.2, 0.25) is 0 Å². The lowest BCUT2D eigenvalue weighted by atomic mass is 9.82. The molecule has 4 atom stereocenters. The molecule has 1 aromatic heterocycles. The number of aliphatic carboxylic acids is 2. The maximum Gasteiger partial charge on any atom is 0.335 e. The summed E-state index contributed by atoms with van der Waals surface area (Å²) < 4.78 is 53.4. The summed E-state index contributed by atoms with van der Waals surface area (Å²) in [5.41, 5.74) is 5.92. The number of imide groups is 1. The van der Waals surface area contributed by atoms with Crippen molar-refractivity contribution in [1.29, 1.82) is 0 Å². The second-order valence-corrected chi connectivity index (χ2v) is 20.5. The summed E-state index contributed by atoms with van der Waals surface area (Å²) in [6.07, 6.45) is -1.70. The number of ether oxygens (including phenoxy) is 4. The Labute approximate surface area is 488 Å². The molecule has 0 radical (unpaired) electrons. The number of aliphatic hydroxyl groups excluding tert-OH is 1. The van der Waals surface area contributed by atoms with Crippen LogP contribution < -0.4 is 27.0 Å². The van der Waals surface area contributed by atoms with Crippen LogP contribution in [0.4, 0.5) is 8.78 Å². The summed E-state index contributed by atoms with van der Waals surface area (Å²) in [4.78, 5) is 144. The average Bonchev–Trinajstić information content (AvgIpc) is 2.11. The fourth-order valence-corrected chi connectivity index (χ4v) is 8.69. The zero-order valence-corrected chi connectivity index (χ0v) is 47.5. The number of carboxylic acids is 2. The first-order valence-corrected chi connectivity index (χ1v) is 27.2. The van der Waals surface area contributed by atoms with Gasteiger partial charge in [0.05, 0.1) is 71.7 Å². The number of halogens is 2. The second kappa shape index (κ2) is 35.1. The molecular formula is C56H74F2N8O19. The summed E-state index contributed by atoms with van der Waals surface area (Å²) in [6, 6.07) is 7.73. The molecule has 466 valence electrons. The smallest absolute Gasteiger partial charge is 0.335 e. The van der Waals surface area contributed by atoms with Crippen LogP contribution in [0, 0.1) is 17.0 Å². The zero-order chi connectivity index (χ0) is 62.6. The molecule has 4 rings (SSSR count). The number of hydrogen-bond donors (Lipinski definition) is 8. The van der Waals surface area contributed by atoms with Crippen molar-refractivity contribution in [3.8, 4) is 11.1 Å². The number of carboxylic acid groups (broad SMARTS) is 2. The van der Waals surface area contributed by atoms with Crippen LogP contribution in [0.3, 0.4) is 0 Å². The largest absolute Gasteiger partial charge is 0.481 e. The van der Waals surface area contributed by atoms with Crippen LogP contribution >= 0.6 is 0 Å². The molecule has 1 fully saturated rings. The summed E-state index contributed by atoms with van der Waals surface area (Å²) in [5.74, 6) is -11.8. The van der Waals surface area contributed by atoms with Crippen LogP contribution in [0.1, 0.15) is 95.9 Å². The Balaban J connectivity index is 1.43.